The van der Waals surface area contributed by atoms with Crippen LogP contribution in [0.25, 0.3) is 11.1 Å². The molecule has 96 valence electrons. The SMILES string of the molecule is CBCc1ccccc1-c1ccc(C(=O)O)c(C)c1. The van der Waals surface area contributed by atoms with E-state index in [1.165, 1.54) is 11.1 Å². The minimum Gasteiger partial charge on any atom is -0.478 e. The fourth-order valence-electron chi connectivity index (χ4n) is 2.36. The number of hydrogen-bond donors (Lipinski definition) is 1. The Balaban J connectivity index is 2.48. The quantitative estimate of drug-likeness (QED) is 0.847. The van der Waals surface area contributed by atoms with Gasteiger partial charge in [-0.25, -0.2) is 4.79 Å². The summed E-state index contributed by atoms with van der Waals surface area (Å²) in [6.07, 6.45) is 1.04. The van der Waals surface area contributed by atoms with Crippen molar-refractivity contribution in [3.63, 3.8) is 0 Å². The topological polar surface area (TPSA) is 37.3 Å². The maximum absolute atomic E-state index is 11.0. The van der Waals surface area contributed by atoms with E-state index in [2.05, 4.69) is 19.0 Å². The molecule has 0 amide bonds. The Labute approximate surface area is 114 Å². The number of carboxylic acid groups (broad SMARTS) is 1. The normalized spacial score (nSPS) is 10.2. The van der Waals surface area contributed by atoms with E-state index in [1.54, 1.807) is 6.07 Å². The third-order valence-electron chi connectivity index (χ3n) is 3.30. The number of carboxylic acids is 1. The van der Waals surface area contributed by atoms with Gasteiger partial charge in [-0.15, -0.1) is 0 Å². The molecule has 0 aromatic heterocycles. The van der Waals surface area contributed by atoms with Crippen LogP contribution in [0.4, 0.5) is 0 Å². The van der Waals surface area contributed by atoms with Gasteiger partial charge in [-0.2, -0.15) is 0 Å². The van der Waals surface area contributed by atoms with Crippen LogP contribution in [0.5, 0.6) is 0 Å². The maximum Gasteiger partial charge on any atom is 0.335 e. The van der Waals surface area contributed by atoms with Crippen LogP contribution in [-0.2, 0) is 6.32 Å². The van der Waals surface area contributed by atoms with Crippen LogP contribution >= 0.6 is 0 Å². The van der Waals surface area contributed by atoms with Crippen molar-refractivity contribution in [2.75, 3.05) is 0 Å². The molecule has 0 aliphatic carbocycles. The maximum atomic E-state index is 11.0. The molecule has 0 aliphatic rings. The van der Waals surface area contributed by atoms with E-state index in [0.717, 1.165) is 24.7 Å². The first-order valence-electron chi connectivity index (χ1n) is 6.55. The number of aromatic carboxylic acids is 1. The molecule has 0 bridgehead atoms. The summed E-state index contributed by atoms with van der Waals surface area (Å²) < 4.78 is 0. The summed E-state index contributed by atoms with van der Waals surface area (Å²) >= 11 is 0. The van der Waals surface area contributed by atoms with Crippen molar-refractivity contribution in [1.82, 2.24) is 0 Å². The zero-order chi connectivity index (χ0) is 13.8. The highest BCUT2D eigenvalue weighted by Crippen LogP contribution is 2.26. The lowest BCUT2D eigenvalue weighted by Gasteiger charge is -2.10. The smallest absolute Gasteiger partial charge is 0.335 e. The minimum absolute atomic E-state index is 0.372. The van der Waals surface area contributed by atoms with E-state index in [9.17, 15) is 4.79 Å². The van der Waals surface area contributed by atoms with Crippen LogP contribution in [0.3, 0.4) is 0 Å². The third kappa shape index (κ3) is 2.87. The largest absolute Gasteiger partial charge is 0.478 e. The molecular formula is C16H17BO2. The zero-order valence-corrected chi connectivity index (χ0v) is 11.3. The summed E-state index contributed by atoms with van der Waals surface area (Å²) in [5, 5.41) is 9.07. The van der Waals surface area contributed by atoms with Crippen molar-refractivity contribution < 1.29 is 9.90 Å². The second kappa shape index (κ2) is 5.74. The first-order chi connectivity index (χ1) is 9.13. The fraction of sp³-hybridized carbons (Fsp3) is 0.188. The average Bonchev–Trinajstić information content (AvgIpc) is 2.39. The van der Waals surface area contributed by atoms with E-state index < -0.39 is 5.97 Å². The van der Waals surface area contributed by atoms with Crippen LogP contribution in [-0.4, -0.2) is 18.4 Å². The molecule has 0 atom stereocenters. The number of hydrogen-bond acceptors (Lipinski definition) is 1. The molecule has 3 heteroatoms. The monoisotopic (exact) mass is 252 g/mol. The summed E-state index contributed by atoms with van der Waals surface area (Å²) in [4.78, 5) is 11.0. The van der Waals surface area contributed by atoms with Gasteiger partial charge in [0.1, 0.15) is 7.28 Å². The van der Waals surface area contributed by atoms with Crippen LogP contribution in [0.1, 0.15) is 21.5 Å². The fourth-order valence-corrected chi connectivity index (χ4v) is 2.36. The van der Waals surface area contributed by atoms with Crippen LogP contribution < -0.4 is 0 Å². The molecule has 2 aromatic rings. The van der Waals surface area contributed by atoms with Gasteiger partial charge in [0.15, 0.2) is 0 Å². The second-order valence-electron chi connectivity index (χ2n) is 4.74. The molecule has 0 unspecified atom stereocenters. The summed E-state index contributed by atoms with van der Waals surface area (Å²) in [5.41, 5.74) is 4.77. The highest BCUT2D eigenvalue weighted by Gasteiger charge is 2.09. The van der Waals surface area contributed by atoms with Crippen molar-refractivity contribution in [2.24, 2.45) is 0 Å². The van der Waals surface area contributed by atoms with Gasteiger partial charge in [-0.3, -0.25) is 0 Å². The van der Waals surface area contributed by atoms with E-state index in [-0.39, 0.29) is 0 Å². The van der Waals surface area contributed by atoms with Gasteiger partial charge in [0.25, 0.3) is 0 Å². The molecule has 0 saturated carbocycles. The molecule has 0 spiro atoms. The van der Waals surface area contributed by atoms with E-state index in [4.69, 9.17) is 5.11 Å². The molecule has 2 nitrogen and oxygen atoms in total. The molecule has 0 aliphatic heterocycles. The first kappa shape index (κ1) is 13.4. The molecule has 0 fully saturated rings. The Hall–Kier alpha value is -2.03. The lowest BCUT2D eigenvalue weighted by Crippen LogP contribution is -2.00. The highest BCUT2D eigenvalue weighted by atomic mass is 16.4. The standard InChI is InChI=1S/C16H17BO2/c1-11-9-12(7-8-14(11)16(18)19)15-6-4-3-5-13(15)10-17-2/h3-9,17H,10H2,1-2H3,(H,18,19). The number of benzene rings is 2. The lowest BCUT2D eigenvalue weighted by molar-refractivity contribution is 0.0696. The Morgan fingerprint density at radius 3 is 2.58 bits per heavy atom. The third-order valence-corrected chi connectivity index (χ3v) is 3.30. The second-order valence-corrected chi connectivity index (χ2v) is 4.74. The predicted molar refractivity (Wildman–Crippen MR) is 80.3 cm³/mol. The number of aryl methyl sites for hydroxylation is 1. The summed E-state index contributed by atoms with van der Waals surface area (Å²) in [6, 6.07) is 13.8. The van der Waals surface area contributed by atoms with Crippen LogP contribution in [0.15, 0.2) is 42.5 Å². The minimum atomic E-state index is -0.870. The van der Waals surface area contributed by atoms with Crippen molar-refractivity contribution in [1.29, 1.82) is 0 Å². The summed E-state index contributed by atoms with van der Waals surface area (Å²) in [5.74, 6) is -0.870. The molecule has 2 rings (SSSR count). The summed E-state index contributed by atoms with van der Waals surface area (Å²) in [7, 11) is 1.10. The first-order valence-corrected chi connectivity index (χ1v) is 6.55. The van der Waals surface area contributed by atoms with Gasteiger partial charge in [0, 0.05) is 0 Å². The molecular weight excluding hydrogens is 235 g/mol. The summed E-state index contributed by atoms with van der Waals surface area (Å²) in [6.45, 7) is 4.00. The van der Waals surface area contributed by atoms with Crippen LogP contribution in [0, 0.1) is 6.92 Å². The Morgan fingerprint density at radius 2 is 1.95 bits per heavy atom. The molecule has 19 heavy (non-hydrogen) atoms. The van der Waals surface area contributed by atoms with Gasteiger partial charge in [0.05, 0.1) is 5.56 Å². The van der Waals surface area contributed by atoms with Crippen molar-refractivity contribution in [3.8, 4) is 11.1 Å². The average molecular weight is 252 g/mol. The lowest BCUT2D eigenvalue weighted by atomic mass is 9.73. The molecule has 0 radical (unpaired) electrons. The highest BCUT2D eigenvalue weighted by molar-refractivity contribution is 6.33. The van der Waals surface area contributed by atoms with Crippen molar-refractivity contribution in [3.05, 3.63) is 59.2 Å². The zero-order valence-electron chi connectivity index (χ0n) is 11.3. The van der Waals surface area contributed by atoms with Gasteiger partial charge in [0.2, 0.25) is 0 Å². The van der Waals surface area contributed by atoms with Gasteiger partial charge < -0.3 is 5.11 Å². The van der Waals surface area contributed by atoms with Crippen molar-refractivity contribution in [2.45, 2.75) is 20.1 Å². The Kier molecular flexibility index (Phi) is 4.05. The predicted octanol–water partition coefficient (Wildman–Crippen LogP) is 3.34. The van der Waals surface area contributed by atoms with E-state index in [1.807, 2.05) is 31.2 Å². The van der Waals surface area contributed by atoms with Crippen LogP contribution in [0.2, 0.25) is 6.82 Å². The molecule has 0 heterocycles. The van der Waals surface area contributed by atoms with Gasteiger partial charge >= 0.3 is 5.97 Å². The Morgan fingerprint density at radius 1 is 1.21 bits per heavy atom. The van der Waals surface area contributed by atoms with Crippen molar-refractivity contribution >= 4 is 13.2 Å². The van der Waals surface area contributed by atoms with Gasteiger partial charge in [-0.05, 0) is 35.2 Å². The van der Waals surface area contributed by atoms with E-state index in [0.29, 0.717) is 5.56 Å². The molecule has 2 aromatic carbocycles. The van der Waals surface area contributed by atoms with Gasteiger partial charge in [-0.1, -0.05) is 49.5 Å². The number of carbonyl (C=O) groups is 1. The Bertz CT molecular complexity index is 605. The molecule has 1 N–H and O–H groups in total. The molecule has 0 saturated heterocycles. The van der Waals surface area contributed by atoms with E-state index >= 15 is 0 Å². The number of rotatable bonds is 4.